The fourth-order valence-corrected chi connectivity index (χ4v) is 8.84. The van der Waals surface area contributed by atoms with Gasteiger partial charge in [0, 0.05) is 74.9 Å². The molecule has 0 N–H and O–H groups in total. The number of halogens is 1. The number of benzene rings is 1. The SMILES string of the molecule is CC1CCC(N(C(=O)[C@@H]2CCCO2)C2C[C@@H](C(=O)N3CCN(C)CC3)N(C(=O)[C@@H]3CN(C(C)(C)C)C[C@H]3c3ccc(Cl)cc3)C2)CC1. The number of carbonyl (C=O) groups is 3. The summed E-state index contributed by atoms with van der Waals surface area (Å²) in [5.41, 5.74) is 0.994. The third kappa shape index (κ3) is 7.53. The highest BCUT2D eigenvalue weighted by Crippen LogP contribution is 2.40. The lowest BCUT2D eigenvalue weighted by atomic mass is 9.85. The third-order valence-corrected chi connectivity index (χ3v) is 12.0. The van der Waals surface area contributed by atoms with Crippen LogP contribution in [0, 0.1) is 11.8 Å². The highest BCUT2D eigenvalue weighted by atomic mass is 35.5. The molecule has 0 aromatic heterocycles. The molecule has 9 nitrogen and oxygen atoms in total. The van der Waals surface area contributed by atoms with Gasteiger partial charge in [-0.3, -0.25) is 19.3 Å². The third-order valence-electron chi connectivity index (χ3n) is 11.8. The van der Waals surface area contributed by atoms with Crippen molar-refractivity contribution in [3.8, 4) is 0 Å². The molecule has 47 heavy (non-hydrogen) atoms. The standard InChI is InChI=1S/C37H56ClN5O4/c1-25-8-14-28(15-9-25)43(36(46)33-7-6-20-47-33)29-21-32(35(45)40-18-16-39(5)17-19-40)42(22-29)34(44)31-24-41(37(2,3)4)23-30(31)26-10-12-27(38)13-11-26/h10-13,25,28-33H,6-9,14-24H2,1-5H3/t25?,28?,29?,30-,31+,32-,33-/m0/s1. The fraction of sp³-hybridized carbons (Fsp3) is 0.757. The van der Waals surface area contributed by atoms with E-state index in [1.807, 2.05) is 34.1 Å². The van der Waals surface area contributed by atoms with E-state index < -0.39 is 12.1 Å². The van der Waals surface area contributed by atoms with E-state index in [4.69, 9.17) is 16.3 Å². The Hall–Kier alpha value is -2.20. The zero-order chi connectivity index (χ0) is 33.5. The first-order valence-corrected chi connectivity index (χ1v) is 18.5. The molecular formula is C37H56ClN5O4. The largest absolute Gasteiger partial charge is 0.368 e. The van der Waals surface area contributed by atoms with Crippen LogP contribution in [0.3, 0.4) is 0 Å². The molecular weight excluding hydrogens is 614 g/mol. The van der Waals surface area contributed by atoms with Crippen molar-refractivity contribution in [3.63, 3.8) is 0 Å². The highest BCUT2D eigenvalue weighted by Gasteiger charge is 2.51. The van der Waals surface area contributed by atoms with Crippen molar-refractivity contribution < 1.29 is 19.1 Å². The van der Waals surface area contributed by atoms with Gasteiger partial charge in [-0.15, -0.1) is 0 Å². The summed E-state index contributed by atoms with van der Waals surface area (Å²) in [4.78, 5) is 54.3. The first-order valence-electron chi connectivity index (χ1n) is 18.1. The first kappa shape index (κ1) is 34.7. The molecule has 1 unspecified atom stereocenters. The van der Waals surface area contributed by atoms with Crippen LogP contribution in [0.1, 0.15) is 84.1 Å². The molecule has 5 atom stereocenters. The van der Waals surface area contributed by atoms with Crippen molar-refractivity contribution in [1.29, 1.82) is 0 Å². The minimum absolute atomic E-state index is 0.0121. The van der Waals surface area contributed by atoms with Crippen molar-refractivity contribution >= 4 is 29.3 Å². The summed E-state index contributed by atoms with van der Waals surface area (Å²) >= 11 is 6.28. The normalized spacial score (nSPS) is 32.6. The number of hydrogen-bond donors (Lipinski definition) is 0. The van der Waals surface area contributed by atoms with Crippen molar-refractivity contribution in [1.82, 2.24) is 24.5 Å². The van der Waals surface area contributed by atoms with Crippen LogP contribution in [-0.2, 0) is 19.1 Å². The van der Waals surface area contributed by atoms with Gasteiger partial charge in [0.15, 0.2) is 0 Å². The van der Waals surface area contributed by atoms with Gasteiger partial charge < -0.3 is 24.3 Å². The Morgan fingerprint density at radius 3 is 2.17 bits per heavy atom. The molecule has 6 rings (SSSR count). The molecule has 4 saturated heterocycles. The Bertz CT molecular complexity index is 1260. The molecule has 10 heteroatoms. The van der Waals surface area contributed by atoms with Gasteiger partial charge in [-0.1, -0.05) is 30.7 Å². The quantitative estimate of drug-likeness (QED) is 0.445. The second kappa shape index (κ2) is 14.3. The van der Waals surface area contributed by atoms with Gasteiger partial charge in [0.1, 0.15) is 12.1 Å². The maximum Gasteiger partial charge on any atom is 0.252 e. The van der Waals surface area contributed by atoms with Crippen LogP contribution >= 0.6 is 11.6 Å². The Kier molecular flexibility index (Phi) is 10.6. The summed E-state index contributed by atoms with van der Waals surface area (Å²) in [6.07, 6.45) is 5.80. The lowest BCUT2D eigenvalue weighted by molar-refractivity contribution is -0.148. The van der Waals surface area contributed by atoms with E-state index in [2.05, 4.69) is 49.4 Å². The molecule has 4 heterocycles. The molecule has 0 spiro atoms. The van der Waals surface area contributed by atoms with Crippen molar-refractivity contribution in [2.45, 2.75) is 108 Å². The van der Waals surface area contributed by atoms with Crippen LogP contribution in [0.2, 0.25) is 5.02 Å². The van der Waals surface area contributed by atoms with Gasteiger partial charge in [0.2, 0.25) is 11.8 Å². The Labute approximate surface area is 286 Å². The molecule has 1 aliphatic carbocycles. The van der Waals surface area contributed by atoms with E-state index in [0.717, 1.165) is 63.7 Å². The van der Waals surface area contributed by atoms with E-state index in [-0.39, 0.29) is 47.2 Å². The number of hydrogen-bond acceptors (Lipinski definition) is 6. The van der Waals surface area contributed by atoms with Crippen molar-refractivity contribution in [2.75, 3.05) is 59.5 Å². The monoisotopic (exact) mass is 669 g/mol. The lowest BCUT2D eigenvalue weighted by Gasteiger charge is -2.41. The second-order valence-corrected chi connectivity index (χ2v) is 16.5. The van der Waals surface area contributed by atoms with Crippen LogP contribution in [0.5, 0.6) is 0 Å². The molecule has 260 valence electrons. The lowest BCUT2D eigenvalue weighted by Crippen LogP contribution is -2.54. The van der Waals surface area contributed by atoms with Gasteiger partial charge >= 0.3 is 0 Å². The van der Waals surface area contributed by atoms with Crippen LogP contribution in [0.4, 0.5) is 0 Å². The highest BCUT2D eigenvalue weighted by molar-refractivity contribution is 6.30. The molecule has 1 saturated carbocycles. The molecule has 5 aliphatic rings. The zero-order valence-electron chi connectivity index (χ0n) is 29.2. The van der Waals surface area contributed by atoms with Gasteiger partial charge in [-0.2, -0.15) is 0 Å². The van der Waals surface area contributed by atoms with Crippen LogP contribution < -0.4 is 0 Å². The average Bonchev–Trinajstić information content (AvgIpc) is 3.83. The van der Waals surface area contributed by atoms with E-state index in [0.29, 0.717) is 50.1 Å². The van der Waals surface area contributed by atoms with E-state index in [1.165, 1.54) is 0 Å². The summed E-state index contributed by atoms with van der Waals surface area (Å²) in [5, 5.41) is 0.677. The van der Waals surface area contributed by atoms with E-state index in [1.54, 1.807) is 0 Å². The number of likely N-dealkylation sites (tertiary alicyclic amines) is 2. The molecule has 0 bridgehead atoms. The Morgan fingerprint density at radius 1 is 0.872 bits per heavy atom. The van der Waals surface area contributed by atoms with Crippen LogP contribution in [0.15, 0.2) is 24.3 Å². The Balaban J connectivity index is 1.32. The smallest absolute Gasteiger partial charge is 0.252 e. The number of rotatable bonds is 6. The van der Waals surface area contributed by atoms with Gasteiger partial charge in [0.25, 0.3) is 5.91 Å². The van der Waals surface area contributed by atoms with Gasteiger partial charge in [-0.25, -0.2) is 0 Å². The number of amides is 3. The first-order chi connectivity index (χ1) is 22.4. The predicted molar refractivity (Wildman–Crippen MR) is 184 cm³/mol. The molecule has 5 fully saturated rings. The molecule has 4 aliphatic heterocycles. The molecule has 1 aromatic rings. The number of nitrogens with zero attached hydrogens (tertiary/aromatic N) is 5. The summed E-state index contributed by atoms with van der Waals surface area (Å²) in [6, 6.07) is 7.24. The van der Waals surface area contributed by atoms with Crippen LogP contribution in [0.25, 0.3) is 0 Å². The number of ether oxygens (including phenoxy) is 1. The molecule has 0 radical (unpaired) electrons. The second-order valence-electron chi connectivity index (χ2n) is 16.0. The Morgan fingerprint density at radius 2 is 1.55 bits per heavy atom. The molecule has 3 amide bonds. The molecule has 1 aromatic carbocycles. The topological polar surface area (TPSA) is 76.6 Å². The predicted octanol–water partition coefficient (Wildman–Crippen LogP) is 4.48. The number of piperazine rings is 1. The maximum atomic E-state index is 15.0. The maximum absolute atomic E-state index is 15.0. The zero-order valence-corrected chi connectivity index (χ0v) is 30.0. The minimum atomic E-state index is -0.576. The fourth-order valence-electron chi connectivity index (χ4n) is 8.71. The average molecular weight is 670 g/mol. The van der Waals surface area contributed by atoms with Gasteiger partial charge in [-0.05, 0) is 96.4 Å². The minimum Gasteiger partial charge on any atom is -0.368 e. The van der Waals surface area contributed by atoms with E-state index in [9.17, 15) is 9.59 Å². The summed E-state index contributed by atoms with van der Waals surface area (Å²) < 4.78 is 5.95. The summed E-state index contributed by atoms with van der Waals surface area (Å²) in [6.45, 7) is 14.3. The van der Waals surface area contributed by atoms with Crippen molar-refractivity contribution in [3.05, 3.63) is 34.9 Å². The number of carbonyl (C=O) groups excluding carboxylic acids is 3. The van der Waals surface area contributed by atoms with Crippen molar-refractivity contribution in [2.24, 2.45) is 11.8 Å². The number of likely N-dealkylation sites (N-methyl/N-ethyl adjacent to an activating group) is 1. The summed E-state index contributed by atoms with van der Waals surface area (Å²) in [5.74, 6) is 0.470. The summed E-state index contributed by atoms with van der Waals surface area (Å²) in [7, 11) is 2.08. The van der Waals surface area contributed by atoms with E-state index >= 15 is 4.79 Å². The van der Waals surface area contributed by atoms with Crippen LogP contribution in [-0.4, -0.2) is 131 Å². The van der Waals surface area contributed by atoms with Gasteiger partial charge in [0.05, 0.1) is 12.0 Å².